The van der Waals surface area contributed by atoms with Gasteiger partial charge in [0.05, 0.1) is 22.6 Å². The molecule has 1 fully saturated rings. The van der Waals surface area contributed by atoms with Crippen molar-refractivity contribution in [3.63, 3.8) is 0 Å². The molecule has 0 spiro atoms. The summed E-state index contributed by atoms with van der Waals surface area (Å²) in [7, 11) is -4.32. The van der Waals surface area contributed by atoms with E-state index in [1.54, 1.807) is 28.8 Å². The standard InChI is InChI=1S/C24H19Cl2IN6O5S/c25-14-7-15(26)9-17(8-14)39(37,38)33(13-24(35)36)16-1-2-20-18(10-16)19(27)11-32(20)22-4-3-21(29-30-22)31-6-5-28-23(34)12-31/h1-4,7-11H,5-6,12-13H2,(H,28,34)(H,35,36). The number of nitrogens with zero attached hydrogens (tertiary/aromatic N) is 5. The van der Waals surface area contributed by atoms with Crippen LogP contribution in [0.1, 0.15) is 0 Å². The first-order valence-corrected chi connectivity index (χ1v) is 14.7. The van der Waals surface area contributed by atoms with E-state index in [1.165, 1.54) is 24.3 Å². The van der Waals surface area contributed by atoms with Crippen molar-refractivity contribution < 1.29 is 23.1 Å². The second kappa shape index (κ2) is 10.8. The lowest BCUT2D eigenvalue weighted by Crippen LogP contribution is -2.48. The Labute approximate surface area is 246 Å². The highest BCUT2D eigenvalue weighted by Gasteiger charge is 2.29. The maximum atomic E-state index is 13.5. The third kappa shape index (κ3) is 5.62. The maximum absolute atomic E-state index is 13.5. The van der Waals surface area contributed by atoms with Gasteiger partial charge in [0.15, 0.2) is 11.6 Å². The third-order valence-electron chi connectivity index (χ3n) is 5.98. The highest BCUT2D eigenvalue weighted by molar-refractivity contribution is 14.1. The van der Waals surface area contributed by atoms with Gasteiger partial charge in [0, 0.05) is 38.3 Å². The number of rotatable bonds is 7. The van der Waals surface area contributed by atoms with Gasteiger partial charge in [-0.15, -0.1) is 10.2 Å². The highest BCUT2D eigenvalue weighted by atomic mass is 127. The molecule has 1 amide bonds. The fourth-order valence-corrected chi connectivity index (χ4v) is 7.06. The van der Waals surface area contributed by atoms with Gasteiger partial charge in [-0.3, -0.25) is 18.5 Å². The number of benzene rings is 2. The summed E-state index contributed by atoms with van der Waals surface area (Å²) in [5.74, 6) is -0.311. The predicted octanol–water partition coefficient (Wildman–Crippen LogP) is 3.55. The van der Waals surface area contributed by atoms with E-state index in [4.69, 9.17) is 23.2 Å². The lowest BCUT2D eigenvalue weighted by Gasteiger charge is -2.27. The Morgan fingerprint density at radius 3 is 2.41 bits per heavy atom. The molecule has 4 aromatic rings. The van der Waals surface area contributed by atoms with Gasteiger partial charge in [0.2, 0.25) is 5.91 Å². The van der Waals surface area contributed by atoms with E-state index < -0.39 is 22.5 Å². The number of anilines is 2. The van der Waals surface area contributed by atoms with Gasteiger partial charge in [-0.25, -0.2) is 8.42 Å². The average Bonchev–Trinajstić information content (AvgIpc) is 3.22. The average molecular weight is 701 g/mol. The summed E-state index contributed by atoms with van der Waals surface area (Å²) in [5.41, 5.74) is 0.863. The zero-order valence-electron chi connectivity index (χ0n) is 19.9. The van der Waals surface area contributed by atoms with E-state index >= 15 is 0 Å². The predicted molar refractivity (Wildman–Crippen MR) is 155 cm³/mol. The number of carbonyl (C=O) groups excluding carboxylic acids is 1. The Hall–Kier alpha value is -3.14. The van der Waals surface area contributed by atoms with E-state index in [0.29, 0.717) is 35.6 Å². The Morgan fingerprint density at radius 2 is 1.77 bits per heavy atom. The number of amides is 1. The van der Waals surface area contributed by atoms with Gasteiger partial charge in [-0.2, -0.15) is 0 Å². The van der Waals surface area contributed by atoms with Crippen LogP contribution in [0.3, 0.4) is 0 Å². The lowest BCUT2D eigenvalue weighted by atomic mass is 10.2. The summed E-state index contributed by atoms with van der Waals surface area (Å²) in [5, 5.41) is 21.8. The van der Waals surface area contributed by atoms with E-state index in [0.717, 1.165) is 7.88 Å². The number of sulfonamides is 1. The molecule has 2 aromatic heterocycles. The number of aromatic nitrogens is 3. The van der Waals surface area contributed by atoms with Crippen LogP contribution in [0, 0.1) is 3.57 Å². The van der Waals surface area contributed by atoms with Crippen LogP contribution < -0.4 is 14.5 Å². The molecule has 1 aliphatic rings. The largest absolute Gasteiger partial charge is 0.480 e. The second-order valence-corrected chi connectivity index (χ2v) is 12.5. The van der Waals surface area contributed by atoms with Crippen molar-refractivity contribution in [1.29, 1.82) is 0 Å². The van der Waals surface area contributed by atoms with E-state index in [2.05, 4.69) is 38.1 Å². The number of hydrogen-bond donors (Lipinski definition) is 2. The van der Waals surface area contributed by atoms with Crippen molar-refractivity contribution in [1.82, 2.24) is 20.1 Å². The van der Waals surface area contributed by atoms with Crippen molar-refractivity contribution in [2.24, 2.45) is 0 Å². The van der Waals surface area contributed by atoms with Gasteiger partial charge in [-0.1, -0.05) is 23.2 Å². The maximum Gasteiger partial charge on any atom is 0.324 e. The number of hydrogen-bond acceptors (Lipinski definition) is 7. The number of nitrogens with one attached hydrogen (secondary N) is 1. The molecule has 0 saturated carbocycles. The minimum atomic E-state index is -4.32. The van der Waals surface area contributed by atoms with Crippen molar-refractivity contribution in [3.05, 3.63) is 68.3 Å². The lowest BCUT2D eigenvalue weighted by molar-refractivity contribution is -0.135. The third-order valence-corrected chi connectivity index (χ3v) is 9.02. The first-order valence-electron chi connectivity index (χ1n) is 11.4. The number of carboxylic acids is 1. The molecule has 0 atom stereocenters. The fourth-order valence-electron chi connectivity index (χ4n) is 4.21. The molecule has 2 aromatic carbocycles. The van der Waals surface area contributed by atoms with Crippen molar-refractivity contribution in [2.45, 2.75) is 4.90 Å². The molecule has 1 aliphatic heterocycles. The molecule has 0 bridgehead atoms. The van der Waals surface area contributed by atoms with E-state index in [1.807, 2.05) is 11.1 Å². The zero-order valence-corrected chi connectivity index (χ0v) is 24.4. The smallest absolute Gasteiger partial charge is 0.324 e. The first-order chi connectivity index (χ1) is 18.5. The molecular weight excluding hydrogens is 682 g/mol. The molecule has 2 N–H and O–H groups in total. The van der Waals surface area contributed by atoms with Crippen LogP contribution in [-0.2, 0) is 19.6 Å². The van der Waals surface area contributed by atoms with E-state index in [9.17, 15) is 23.1 Å². The summed E-state index contributed by atoms with van der Waals surface area (Å²) in [6.45, 7) is 0.559. The quantitative estimate of drug-likeness (QED) is 0.280. The summed E-state index contributed by atoms with van der Waals surface area (Å²) >= 11 is 14.1. The molecule has 202 valence electrons. The van der Waals surface area contributed by atoms with Gasteiger partial charge in [0.25, 0.3) is 10.0 Å². The summed E-state index contributed by atoms with van der Waals surface area (Å²) in [6.07, 6.45) is 1.82. The minimum Gasteiger partial charge on any atom is -0.480 e. The van der Waals surface area contributed by atoms with Gasteiger partial charge in [-0.05, 0) is 71.1 Å². The number of carboxylic acid groups (broad SMARTS) is 1. The topological polar surface area (TPSA) is 138 Å². The van der Waals surface area contributed by atoms with Crippen LogP contribution in [-0.4, -0.2) is 66.3 Å². The molecule has 0 aliphatic carbocycles. The Kier molecular flexibility index (Phi) is 7.59. The number of carbonyl (C=O) groups is 2. The zero-order chi connectivity index (χ0) is 27.9. The molecule has 3 heterocycles. The SMILES string of the molecule is O=C(O)CN(c1ccc2c(c1)c(I)cn2-c1ccc(N2CCNC(=O)C2)nn1)S(=O)(=O)c1cc(Cl)cc(Cl)c1. The van der Waals surface area contributed by atoms with E-state index in [-0.39, 0.29) is 33.1 Å². The normalized spacial score (nSPS) is 13.9. The van der Waals surface area contributed by atoms with Crippen LogP contribution in [0.4, 0.5) is 11.5 Å². The second-order valence-electron chi connectivity index (χ2n) is 8.58. The molecular formula is C24H19Cl2IN6O5S. The van der Waals surface area contributed by atoms with Crippen LogP contribution >= 0.6 is 45.8 Å². The number of piperazine rings is 1. The highest BCUT2D eigenvalue weighted by Crippen LogP contribution is 2.33. The van der Waals surface area contributed by atoms with Gasteiger partial charge in [0.1, 0.15) is 6.54 Å². The molecule has 1 saturated heterocycles. The van der Waals surface area contributed by atoms with Crippen molar-refractivity contribution in [2.75, 3.05) is 35.4 Å². The monoisotopic (exact) mass is 700 g/mol. The Morgan fingerprint density at radius 1 is 1.08 bits per heavy atom. The fraction of sp³-hybridized carbons (Fsp3) is 0.167. The van der Waals surface area contributed by atoms with Crippen LogP contribution in [0.15, 0.2) is 59.6 Å². The molecule has 15 heteroatoms. The Bertz CT molecular complexity index is 1690. The minimum absolute atomic E-state index is 0.0775. The molecule has 39 heavy (non-hydrogen) atoms. The molecule has 11 nitrogen and oxygen atoms in total. The van der Waals surface area contributed by atoms with Crippen LogP contribution in [0.25, 0.3) is 16.7 Å². The summed E-state index contributed by atoms with van der Waals surface area (Å²) in [6, 6.07) is 12.2. The number of aliphatic carboxylic acids is 1. The summed E-state index contributed by atoms with van der Waals surface area (Å²) in [4.78, 5) is 25.0. The van der Waals surface area contributed by atoms with Crippen molar-refractivity contribution >= 4 is 90.1 Å². The molecule has 0 unspecified atom stereocenters. The Balaban J connectivity index is 1.52. The molecule has 0 radical (unpaired) electrons. The number of fused-ring (bicyclic) bond motifs is 1. The van der Waals surface area contributed by atoms with Gasteiger partial charge >= 0.3 is 5.97 Å². The summed E-state index contributed by atoms with van der Waals surface area (Å²) < 4.78 is 30.4. The van der Waals surface area contributed by atoms with Gasteiger partial charge < -0.3 is 15.3 Å². The first kappa shape index (κ1) is 27.4. The van der Waals surface area contributed by atoms with Crippen molar-refractivity contribution in [3.8, 4) is 5.82 Å². The molecule has 5 rings (SSSR count). The number of halogens is 3. The van der Waals surface area contributed by atoms with Crippen LogP contribution in [0.2, 0.25) is 10.0 Å². The van der Waals surface area contributed by atoms with Crippen LogP contribution in [0.5, 0.6) is 0 Å².